The standard InChI is InChI=1S/C15H20ClNS/c1-15(2,3)9-5-7-13(17)11-18-14-8-4-6-12(16)10-14/h4,6,8,10,13H,7,11,17H2,1-3H3. The van der Waals surface area contributed by atoms with Gasteiger partial charge < -0.3 is 5.73 Å². The molecular weight excluding hydrogens is 262 g/mol. The third-order valence-electron chi connectivity index (χ3n) is 2.09. The Bertz CT molecular complexity index is 440. The monoisotopic (exact) mass is 281 g/mol. The number of benzene rings is 1. The van der Waals surface area contributed by atoms with Crippen molar-refractivity contribution >= 4 is 23.4 Å². The molecule has 0 heterocycles. The molecule has 1 unspecified atom stereocenters. The zero-order valence-corrected chi connectivity index (χ0v) is 12.7. The van der Waals surface area contributed by atoms with Crippen LogP contribution >= 0.6 is 23.4 Å². The summed E-state index contributed by atoms with van der Waals surface area (Å²) >= 11 is 7.65. The van der Waals surface area contributed by atoms with Crippen LogP contribution in [-0.2, 0) is 0 Å². The van der Waals surface area contributed by atoms with Gasteiger partial charge in [-0.2, -0.15) is 0 Å². The normalized spacial score (nSPS) is 12.7. The first-order valence-electron chi connectivity index (χ1n) is 6.01. The number of hydrogen-bond acceptors (Lipinski definition) is 2. The SMILES string of the molecule is CC(C)(C)C#CCC(N)CSc1cccc(Cl)c1. The van der Waals surface area contributed by atoms with E-state index in [-0.39, 0.29) is 11.5 Å². The van der Waals surface area contributed by atoms with Gasteiger partial charge >= 0.3 is 0 Å². The molecule has 0 amide bonds. The highest BCUT2D eigenvalue weighted by Crippen LogP contribution is 2.22. The van der Waals surface area contributed by atoms with Crippen LogP contribution in [0.2, 0.25) is 5.02 Å². The third-order valence-corrected chi connectivity index (χ3v) is 3.50. The molecule has 0 saturated carbocycles. The van der Waals surface area contributed by atoms with Crippen molar-refractivity contribution in [2.75, 3.05) is 5.75 Å². The highest BCUT2D eigenvalue weighted by Gasteiger charge is 2.05. The topological polar surface area (TPSA) is 26.0 Å². The first-order chi connectivity index (χ1) is 8.37. The van der Waals surface area contributed by atoms with Crippen LogP contribution in [0.5, 0.6) is 0 Å². The number of nitrogens with two attached hydrogens (primary N) is 1. The van der Waals surface area contributed by atoms with Gasteiger partial charge in [0.25, 0.3) is 0 Å². The maximum absolute atomic E-state index is 6.03. The van der Waals surface area contributed by atoms with E-state index in [1.54, 1.807) is 11.8 Å². The molecule has 1 atom stereocenters. The minimum Gasteiger partial charge on any atom is -0.326 e. The Hall–Kier alpha value is -0.620. The fourth-order valence-corrected chi connectivity index (χ4v) is 2.43. The lowest BCUT2D eigenvalue weighted by atomic mass is 9.98. The smallest absolute Gasteiger partial charge is 0.0417 e. The van der Waals surface area contributed by atoms with Gasteiger partial charge in [-0.05, 0) is 39.0 Å². The van der Waals surface area contributed by atoms with Crippen molar-refractivity contribution in [3.05, 3.63) is 29.3 Å². The number of rotatable bonds is 4. The Labute approximate surface area is 119 Å². The molecule has 2 N–H and O–H groups in total. The van der Waals surface area contributed by atoms with Gasteiger partial charge in [0.1, 0.15) is 0 Å². The second-order valence-corrected chi connectivity index (χ2v) is 6.81. The van der Waals surface area contributed by atoms with E-state index in [2.05, 4.69) is 32.6 Å². The zero-order chi connectivity index (χ0) is 13.6. The van der Waals surface area contributed by atoms with Crippen molar-refractivity contribution in [2.24, 2.45) is 11.1 Å². The molecule has 0 saturated heterocycles. The highest BCUT2D eigenvalue weighted by atomic mass is 35.5. The first kappa shape index (κ1) is 15.4. The predicted octanol–water partition coefficient (Wildman–Crippen LogP) is 4.20. The van der Waals surface area contributed by atoms with Crippen LogP contribution in [0.15, 0.2) is 29.2 Å². The Kier molecular flexibility index (Phi) is 6.08. The molecule has 0 aliphatic heterocycles. The third kappa shape index (κ3) is 6.96. The second-order valence-electron chi connectivity index (χ2n) is 5.28. The average Bonchev–Trinajstić information content (AvgIpc) is 2.25. The molecule has 3 heteroatoms. The molecule has 1 rings (SSSR count). The van der Waals surface area contributed by atoms with Crippen molar-refractivity contribution in [3.8, 4) is 11.8 Å². The quantitative estimate of drug-likeness (QED) is 0.661. The van der Waals surface area contributed by atoms with E-state index >= 15 is 0 Å². The Morgan fingerprint density at radius 3 is 2.72 bits per heavy atom. The van der Waals surface area contributed by atoms with Gasteiger partial charge in [0, 0.05) is 33.5 Å². The van der Waals surface area contributed by atoms with Gasteiger partial charge in [0.2, 0.25) is 0 Å². The molecule has 0 radical (unpaired) electrons. The van der Waals surface area contributed by atoms with Crippen LogP contribution in [0.4, 0.5) is 0 Å². The Morgan fingerprint density at radius 2 is 2.11 bits per heavy atom. The van der Waals surface area contributed by atoms with Crippen LogP contribution in [-0.4, -0.2) is 11.8 Å². The molecular formula is C15H20ClNS. The number of hydrogen-bond donors (Lipinski definition) is 1. The van der Waals surface area contributed by atoms with E-state index in [0.717, 1.165) is 22.1 Å². The fourth-order valence-electron chi connectivity index (χ4n) is 1.27. The molecule has 1 nitrogen and oxygen atoms in total. The summed E-state index contributed by atoms with van der Waals surface area (Å²) in [4.78, 5) is 1.15. The maximum atomic E-state index is 6.03. The summed E-state index contributed by atoms with van der Waals surface area (Å²) in [5.41, 5.74) is 6.09. The summed E-state index contributed by atoms with van der Waals surface area (Å²) in [7, 11) is 0. The lowest BCUT2D eigenvalue weighted by Gasteiger charge is -2.09. The van der Waals surface area contributed by atoms with Crippen molar-refractivity contribution in [3.63, 3.8) is 0 Å². The van der Waals surface area contributed by atoms with E-state index in [1.165, 1.54) is 0 Å². The van der Waals surface area contributed by atoms with E-state index < -0.39 is 0 Å². The summed E-state index contributed by atoms with van der Waals surface area (Å²) in [6.45, 7) is 6.31. The van der Waals surface area contributed by atoms with Crippen molar-refractivity contribution in [2.45, 2.75) is 38.1 Å². The van der Waals surface area contributed by atoms with Gasteiger partial charge in [-0.15, -0.1) is 17.7 Å². The molecule has 0 spiro atoms. The van der Waals surface area contributed by atoms with Crippen LogP contribution in [0, 0.1) is 17.3 Å². The lowest BCUT2D eigenvalue weighted by Crippen LogP contribution is -2.22. The molecule has 1 aromatic carbocycles. The molecule has 98 valence electrons. The largest absolute Gasteiger partial charge is 0.326 e. The summed E-state index contributed by atoms with van der Waals surface area (Å²) in [5.74, 6) is 7.22. The van der Waals surface area contributed by atoms with Crippen molar-refractivity contribution < 1.29 is 0 Å². The number of thioether (sulfide) groups is 1. The molecule has 0 aliphatic rings. The van der Waals surface area contributed by atoms with E-state index in [9.17, 15) is 0 Å². The average molecular weight is 282 g/mol. The van der Waals surface area contributed by atoms with Crippen LogP contribution in [0.25, 0.3) is 0 Å². The van der Waals surface area contributed by atoms with Crippen LogP contribution in [0.3, 0.4) is 0 Å². The lowest BCUT2D eigenvalue weighted by molar-refractivity contribution is 0.569. The van der Waals surface area contributed by atoms with E-state index in [4.69, 9.17) is 17.3 Å². The van der Waals surface area contributed by atoms with Crippen molar-refractivity contribution in [1.29, 1.82) is 0 Å². The highest BCUT2D eigenvalue weighted by molar-refractivity contribution is 7.99. The predicted molar refractivity (Wildman–Crippen MR) is 82.0 cm³/mol. The fraction of sp³-hybridized carbons (Fsp3) is 0.467. The summed E-state index contributed by atoms with van der Waals surface area (Å²) in [6.07, 6.45) is 0.741. The molecule has 0 bridgehead atoms. The minimum absolute atomic E-state index is 0.0554. The first-order valence-corrected chi connectivity index (χ1v) is 7.37. The minimum atomic E-state index is 0.0554. The van der Waals surface area contributed by atoms with Crippen LogP contribution in [0.1, 0.15) is 27.2 Å². The maximum Gasteiger partial charge on any atom is 0.0417 e. The molecule has 18 heavy (non-hydrogen) atoms. The van der Waals surface area contributed by atoms with Gasteiger partial charge in [-0.1, -0.05) is 23.6 Å². The molecule has 0 aliphatic carbocycles. The Balaban J connectivity index is 2.37. The number of halogens is 1. The molecule has 0 aromatic heterocycles. The van der Waals surface area contributed by atoms with Gasteiger partial charge in [-0.25, -0.2) is 0 Å². The summed E-state index contributed by atoms with van der Waals surface area (Å²) in [6, 6.07) is 7.93. The van der Waals surface area contributed by atoms with Gasteiger partial charge in [0.15, 0.2) is 0 Å². The van der Waals surface area contributed by atoms with Crippen LogP contribution < -0.4 is 5.73 Å². The zero-order valence-electron chi connectivity index (χ0n) is 11.2. The molecule has 0 fully saturated rings. The van der Waals surface area contributed by atoms with E-state index in [0.29, 0.717) is 0 Å². The van der Waals surface area contributed by atoms with Gasteiger partial charge in [-0.3, -0.25) is 0 Å². The molecule has 1 aromatic rings. The summed E-state index contributed by atoms with van der Waals surface area (Å²) in [5, 5.41) is 0.765. The Morgan fingerprint density at radius 1 is 1.39 bits per heavy atom. The summed E-state index contributed by atoms with van der Waals surface area (Å²) < 4.78 is 0. The van der Waals surface area contributed by atoms with E-state index in [1.807, 2.05) is 24.3 Å². The van der Waals surface area contributed by atoms with Crippen molar-refractivity contribution in [1.82, 2.24) is 0 Å². The van der Waals surface area contributed by atoms with Gasteiger partial charge in [0.05, 0.1) is 0 Å². The second kappa shape index (κ2) is 7.09.